The summed E-state index contributed by atoms with van der Waals surface area (Å²) in [6.45, 7) is 2.12. The highest BCUT2D eigenvalue weighted by Crippen LogP contribution is 2.40. The van der Waals surface area contributed by atoms with Gasteiger partial charge in [-0.2, -0.15) is 0 Å². The number of nitrogens with one attached hydrogen (secondary N) is 1. The zero-order valence-corrected chi connectivity index (χ0v) is 13.0. The first-order valence-electron chi connectivity index (χ1n) is 6.45. The fraction of sp³-hybridized carbons (Fsp3) is 0.500. The summed E-state index contributed by atoms with van der Waals surface area (Å²) < 4.78 is 16.0. The Hall–Kier alpha value is -1.56. The predicted octanol–water partition coefficient (Wildman–Crippen LogP) is 3.01. The molecule has 1 atom stereocenters. The molecule has 1 aromatic carbocycles. The first-order chi connectivity index (χ1) is 9.67. The molecule has 1 unspecified atom stereocenters. The van der Waals surface area contributed by atoms with E-state index in [-0.39, 0.29) is 0 Å². The van der Waals surface area contributed by atoms with E-state index in [0.717, 1.165) is 23.0 Å². The molecule has 0 saturated carbocycles. The van der Waals surface area contributed by atoms with Crippen LogP contribution in [0.1, 0.15) is 13.3 Å². The van der Waals surface area contributed by atoms with Crippen LogP contribution >= 0.6 is 11.8 Å². The quantitative estimate of drug-likeness (QED) is 0.925. The van der Waals surface area contributed by atoms with Gasteiger partial charge in [0.25, 0.3) is 0 Å². The molecule has 110 valence electrons. The van der Waals surface area contributed by atoms with Gasteiger partial charge in [0, 0.05) is 23.6 Å². The van der Waals surface area contributed by atoms with Crippen LogP contribution in [0.2, 0.25) is 0 Å². The van der Waals surface area contributed by atoms with Crippen LogP contribution in [-0.4, -0.2) is 38.3 Å². The Labute approximate surface area is 123 Å². The number of rotatable bonds is 4. The van der Waals surface area contributed by atoms with Gasteiger partial charge in [-0.05, 0) is 13.3 Å². The third-order valence-corrected chi connectivity index (χ3v) is 3.95. The van der Waals surface area contributed by atoms with Crippen LogP contribution in [0.15, 0.2) is 17.1 Å². The Morgan fingerprint density at radius 1 is 1.15 bits per heavy atom. The molecule has 0 radical (unpaired) electrons. The Bertz CT molecular complexity index is 480. The molecule has 0 bridgehead atoms. The van der Waals surface area contributed by atoms with E-state index in [1.165, 1.54) is 0 Å². The van der Waals surface area contributed by atoms with Gasteiger partial charge < -0.3 is 19.5 Å². The third kappa shape index (κ3) is 3.30. The molecular formula is C14H20N2O3S. The van der Waals surface area contributed by atoms with Crippen molar-refractivity contribution in [1.82, 2.24) is 0 Å². The number of ether oxygens (including phenoxy) is 3. The molecule has 0 spiro atoms. The summed E-state index contributed by atoms with van der Waals surface area (Å²) in [5.74, 6) is 2.93. The molecule has 1 aromatic rings. The molecule has 1 aliphatic heterocycles. The lowest BCUT2D eigenvalue weighted by molar-refractivity contribution is 0.324. The van der Waals surface area contributed by atoms with E-state index in [4.69, 9.17) is 14.2 Å². The van der Waals surface area contributed by atoms with Crippen molar-refractivity contribution in [2.75, 3.05) is 32.4 Å². The predicted molar refractivity (Wildman–Crippen MR) is 83.7 cm³/mol. The van der Waals surface area contributed by atoms with Crippen LogP contribution in [0.4, 0.5) is 5.69 Å². The number of amidine groups is 1. The van der Waals surface area contributed by atoms with Crippen molar-refractivity contribution >= 4 is 22.6 Å². The van der Waals surface area contributed by atoms with Gasteiger partial charge in [-0.25, -0.2) is 0 Å². The monoisotopic (exact) mass is 296 g/mol. The molecule has 2 rings (SSSR count). The molecule has 20 heavy (non-hydrogen) atoms. The maximum Gasteiger partial charge on any atom is 0.203 e. The standard InChI is InChI=1S/C14H20N2O3S/c1-9-5-6-20-14(15-9)16-10-7-11(17-2)13(19-4)12(8-10)18-3/h7-9H,5-6H2,1-4H3,(H,15,16). The van der Waals surface area contributed by atoms with E-state index in [0.29, 0.717) is 23.3 Å². The molecule has 1 heterocycles. The van der Waals surface area contributed by atoms with Crippen LogP contribution < -0.4 is 19.5 Å². The van der Waals surface area contributed by atoms with Gasteiger partial charge in [0.2, 0.25) is 5.75 Å². The summed E-state index contributed by atoms with van der Waals surface area (Å²) in [6, 6.07) is 4.12. The summed E-state index contributed by atoms with van der Waals surface area (Å²) in [7, 11) is 4.81. The lowest BCUT2D eigenvalue weighted by Gasteiger charge is -2.19. The van der Waals surface area contributed by atoms with Gasteiger partial charge in [0.05, 0.1) is 27.4 Å². The van der Waals surface area contributed by atoms with E-state index >= 15 is 0 Å². The number of benzene rings is 1. The topological polar surface area (TPSA) is 52.1 Å². The molecule has 0 fully saturated rings. The lowest BCUT2D eigenvalue weighted by Crippen LogP contribution is -2.18. The van der Waals surface area contributed by atoms with Gasteiger partial charge in [0.15, 0.2) is 16.7 Å². The summed E-state index contributed by atoms with van der Waals surface area (Å²) in [5.41, 5.74) is 0.875. The van der Waals surface area contributed by atoms with Crippen molar-refractivity contribution in [3.8, 4) is 17.2 Å². The fourth-order valence-electron chi connectivity index (χ4n) is 1.97. The number of aliphatic imine (C=N–C) groups is 1. The van der Waals surface area contributed by atoms with Gasteiger partial charge in [0.1, 0.15) is 0 Å². The molecule has 0 aromatic heterocycles. The highest BCUT2D eigenvalue weighted by atomic mass is 32.2. The summed E-state index contributed by atoms with van der Waals surface area (Å²) in [6.07, 6.45) is 1.12. The fourth-order valence-corrected chi connectivity index (χ4v) is 3.07. The number of nitrogens with zero attached hydrogens (tertiary/aromatic N) is 1. The Morgan fingerprint density at radius 2 is 1.80 bits per heavy atom. The first kappa shape index (κ1) is 14.8. The van der Waals surface area contributed by atoms with E-state index in [1.807, 2.05) is 12.1 Å². The van der Waals surface area contributed by atoms with Gasteiger partial charge in [-0.3, -0.25) is 4.99 Å². The molecule has 6 heteroatoms. The second-order valence-electron chi connectivity index (χ2n) is 4.46. The average Bonchev–Trinajstić information content (AvgIpc) is 2.46. The molecule has 0 amide bonds. The SMILES string of the molecule is COc1cc(NC2=NC(C)CCS2)cc(OC)c1OC. The number of hydrogen-bond acceptors (Lipinski definition) is 6. The number of methoxy groups -OCH3 is 3. The average molecular weight is 296 g/mol. The summed E-state index contributed by atoms with van der Waals surface area (Å²) >= 11 is 1.72. The molecule has 1 aliphatic rings. The van der Waals surface area contributed by atoms with E-state index in [2.05, 4.69) is 17.2 Å². The Balaban J connectivity index is 2.28. The molecule has 0 saturated heterocycles. The number of hydrogen-bond donors (Lipinski definition) is 1. The minimum absolute atomic E-state index is 0.362. The van der Waals surface area contributed by atoms with Gasteiger partial charge in [-0.1, -0.05) is 11.8 Å². The van der Waals surface area contributed by atoms with Crippen molar-refractivity contribution in [2.24, 2.45) is 4.99 Å². The van der Waals surface area contributed by atoms with Crippen LogP contribution in [-0.2, 0) is 0 Å². The zero-order chi connectivity index (χ0) is 14.5. The smallest absolute Gasteiger partial charge is 0.203 e. The minimum atomic E-state index is 0.362. The van der Waals surface area contributed by atoms with E-state index in [9.17, 15) is 0 Å². The van der Waals surface area contributed by atoms with Crippen LogP contribution in [0, 0.1) is 0 Å². The largest absolute Gasteiger partial charge is 0.493 e. The Kier molecular flexibility index (Phi) is 5.00. The molecular weight excluding hydrogens is 276 g/mol. The second-order valence-corrected chi connectivity index (χ2v) is 5.54. The summed E-state index contributed by atoms with van der Waals surface area (Å²) in [4.78, 5) is 4.59. The zero-order valence-electron chi connectivity index (χ0n) is 12.2. The van der Waals surface area contributed by atoms with Crippen molar-refractivity contribution in [1.29, 1.82) is 0 Å². The second kappa shape index (κ2) is 6.74. The number of anilines is 1. The van der Waals surface area contributed by atoms with Crippen LogP contribution in [0.5, 0.6) is 17.2 Å². The third-order valence-electron chi connectivity index (χ3n) is 3.03. The minimum Gasteiger partial charge on any atom is -0.493 e. The van der Waals surface area contributed by atoms with Crippen molar-refractivity contribution in [2.45, 2.75) is 19.4 Å². The molecule has 5 nitrogen and oxygen atoms in total. The maximum atomic E-state index is 5.34. The lowest BCUT2D eigenvalue weighted by atomic mass is 10.2. The van der Waals surface area contributed by atoms with Gasteiger partial charge >= 0.3 is 0 Å². The van der Waals surface area contributed by atoms with Gasteiger partial charge in [-0.15, -0.1) is 0 Å². The maximum absolute atomic E-state index is 5.34. The van der Waals surface area contributed by atoms with Crippen LogP contribution in [0.3, 0.4) is 0 Å². The molecule has 1 N–H and O–H groups in total. The highest BCUT2D eigenvalue weighted by molar-refractivity contribution is 8.14. The van der Waals surface area contributed by atoms with Crippen molar-refractivity contribution < 1.29 is 14.2 Å². The summed E-state index contributed by atoms with van der Waals surface area (Å²) in [5, 5.41) is 4.24. The first-order valence-corrected chi connectivity index (χ1v) is 7.44. The van der Waals surface area contributed by atoms with E-state index in [1.54, 1.807) is 33.1 Å². The van der Waals surface area contributed by atoms with Crippen molar-refractivity contribution in [3.05, 3.63) is 12.1 Å². The van der Waals surface area contributed by atoms with E-state index < -0.39 is 0 Å². The van der Waals surface area contributed by atoms with Crippen LogP contribution in [0.25, 0.3) is 0 Å². The number of thioether (sulfide) groups is 1. The normalized spacial score (nSPS) is 18.2. The Morgan fingerprint density at radius 3 is 2.30 bits per heavy atom. The molecule has 0 aliphatic carbocycles. The highest BCUT2D eigenvalue weighted by Gasteiger charge is 2.16. The van der Waals surface area contributed by atoms with Crippen molar-refractivity contribution in [3.63, 3.8) is 0 Å².